The summed E-state index contributed by atoms with van der Waals surface area (Å²) in [6, 6.07) is 30.3. The van der Waals surface area contributed by atoms with Gasteiger partial charge in [-0.25, -0.2) is 0 Å². The molecule has 138 heavy (non-hydrogen) atoms. The molecule has 29 heteroatoms. The number of halogens is 2. The number of aryl methyl sites for hydroxylation is 6. The van der Waals surface area contributed by atoms with Crippen molar-refractivity contribution in [2.75, 3.05) is 176 Å². The lowest BCUT2D eigenvalue weighted by atomic mass is 9.88. The van der Waals surface area contributed by atoms with Gasteiger partial charge in [-0.1, -0.05) is 67.5 Å². The van der Waals surface area contributed by atoms with Crippen molar-refractivity contribution in [3.05, 3.63) is 137 Å². The quantitative estimate of drug-likeness (QED) is 0.0231. The zero-order chi connectivity index (χ0) is 94.9. The van der Waals surface area contributed by atoms with Crippen molar-refractivity contribution >= 4 is 111 Å². The molecule has 3 amide bonds. The van der Waals surface area contributed by atoms with Gasteiger partial charge in [0.2, 0.25) is 17.7 Å². The minimum atomic E-state index is -0.538. The normalized spacial score (nSPS) is 26.7. The highest BCUT2D eigenvalue weighted by molar-refractivity contribution is 9.09. The van der Waals surface area contributed by atoms with E-state index >= 15 is 0 Å². The lowest BCUT2D eigenvalue weighted by Crippen LogP contribution is -2.50. The first-order valence-corrected chi connectivity index (χ1v) is 55.5. The predicted molar refractivity (Wildman–Crippen MR) is 562 cm³/mol. The largest absolute Gasteiger partial charge is 0.390 e. The average molecular weight is 2030 g/mol. The van der Waals surface area contributed by atoms with Crippen LogP contribution in [0.5, 0.6) is 0 Å². The number of nitrogens with zero attached hydrogens (tertiary/aromatic N) is 9. The lowest BCUT2D eigenvalue weighted by molar-refractivity contribution is -0.138. The molecule has 0 radical (unpaired) electrons. The molecule has 3 aromatic carbocycles. The zero-order valence-corrected chi connectivity index (χ0v) is 88.6. The number of epoxide rings is 2. The molecule has 0 aliphatic carbocycles. The van der Waals surface area contributed by atoms with Crippen molar-refractivity contribution in [2.45, 2.75) is 275 Å². The number of thiophene rings is 3. The molecule has 15 aliphatic heterocycles. The van der Waals surface area contributed by atoms with Crippen LogP contribution in [0.15, 0.2) is 72.8 Å². The number of ether oxygens (including phenoxy) is 6. The molecule has 15 aliphatic rings. The highest BCUT2D eigenvalue weighted by atomic mass is 79.9. The summed E-state index contributed by atoms with van der Waals surface area (Å²) in [5, 5.41) is 22.4. The van der Waals surface area contributed by atoms with Crippen LogP contribution in [0.1, 0.15) is 183 Å². The Balaban J connectivity index is 0.000000124. The summed E-state index contributed by atoms with van der Waals surface area (Å²) in [6.45, 7) is 50.8. The van der Waals surface area contributed by atoms with Crippen LogP contribution in [0.3, 0.4) is 0 Å². The fraction of sp³-hybridized carbons (Fsp3) is 0.642. The molecule has 6 bridgehead atoms. The van der Waals surface area contributed by atoms with Crippen molar-refractivity contribution in [3.8, 4) is 33.8 Å². The summed E-state index contributed by atoms with van der Waals surface area (Å²) in [4.78, 5) is 82.2. The average Bonchev–Trinajstić information content (AvgIpc) is 1.59. The second kappa shape index (κ2) is 42.9. The Labute approximate surface area is 844 Å². The Morgan fingerprint density at radius 2 is 0.688 bits per heavy atom. The van der Waals surface area contributed by atoms with Gasteiger partial charge >= 0.3 is 0 Å². The van der Waals surface area contributed by atoms with E-state index < -0.39 is 16.2 Å². The fourth-order valence-electron chi connectivity index (χ4n) is 25.0. The van der Waals surface area contributed by atoms with Gasteiger partial charge < -0.3 is 88.5 Å². The van der Waals surface area contributed by atoms with Crippen molar-refractivity contribution in [2.24, 2.45) is 0 Å². The van der Waals surface area contributed by atoms with Crippen molar-refractivity contribution in [1.29, 1.82) is 0 Å². The van der Waals surface area contributed by atoms with Crippen molar-refractivity contribution in [3.63, 3.8) is 0 Å². The number of likely N-dealkylation sites (tertiary alicyclic amines) is 1. The molecule has 7 atom stereocenters. The maximum absolute atomic E-state index is 14.0. The number of nitrogens with one attached hydrogen (secondary N) is 5. The minimum Gasteiger partial charge on any atom is -0.390 e. The highest BCUT2D eigenvalue weighted by Crippen LogP contribution is 2.50. The third-order valence-electron chi connectivity index (χ3n) is 32.9. The van der Waals surface area contributed by atoms with Crippen LogP contribution in [0.4, 0.5) is 0 Å². The molecule has 24 rings (SSSR count). The van der Waals surface area contributed by atoms with E-state index in [1.165, 1.54) is 201 Å². The SMILES string of the molecule is BrCC1CO1.C1O[C@H]2CNC[C@H]2O1.Cc1cc(C)cc(-c2[nH]c3sc(C(C)(C)C(=O)N4C5CCC4CC5)cc3c2CCN2CCN(CC(O)CN3C[C@@H]4OCO[C@@H]4C3)CC2)c1.Cc1cc(C)cc(-c2[nH]c3sc(C(C)(C)C(=O)N4C5CCC4CC5)cc3c2CCN2CCN(CC3CO3)CC2)c1.Cc1cc(C)cc(-c2[nH]c3sc(C(C)(C)C(=O)N4C5CCC4CC5)cc3c2CCN2CCNCC2)c1.Cl. The first-order chi connectivity index (χ1) is 66.1. The maximum Gasteiger partial charge on any atom is 0.233 e. The zero-order valence-electron chi connectivity index (χ0n) is 83.8. The number of carbonyl (C=O) groups excluding carboxylic acids is 3. The van der Waals surface area contributed by atoms with E-state index in [1.807, 2.05) is 0 Å². The van der Waals surface area contributed by atoms with E-state index in [2.05, 4.69) is 241 Å². The van der Waals surface area contributed by atoms with Gasteiger partial charge in [-0.05, 0) is 267 Å². The Morgan fingerprint density at radius 1 is 0.391 bits per heavy atom. The molecule has 15 fully saturated rings. The standard InChI is InChI=1S/C38H53N5O4S.C33H44N4O2S.C30H40N4OS.C5H9NO2.C3H5BrO.ClH/c1-24-15-25(2)17-26(16-24)35-30(31-18-34(48-36(31)39-35)38(3,4)37(45)43-27-5-6-28(43)8-7-27)9-10-40-11-13-41(14-12-40)19-29(44)20-42-21-32-33(22-42)47-23-46-32;1-21-15-22(2)17-23(16-21)30-27(9-10-35-11-13-36(14-12-35)19-26-20-39-26)28-18-29(40-31(28)34-30)33(3,4)32(38)37-24-5-6-25(37)8-7-24;1-19-15-20(2)17-21(16-19)27-24(9-12-33-13-10-31-11-14-33)25-18-26(36-28(25)32-27)30(3,4)29(35)34-22-5-6-23(34)8-7-22;1-4-5(2-6-1)8-3-7-4;4-1-3-2-5-3;/h15-18,27-29,32-33,39,44H,5-14,19-23H2,1-4H3;15-18,24-26,34H,5-14,19-20H2,1-4H3;15-18,22-23,31-32H,5-14H2,1-4H3;4-6H,1-3H2;3H,1-2H2;1H/t27?,28?,29?,32-,33+;;;4-,5+;;. The number of aromatic nitrogens is 3. The third kappa shape index (κ3) is 22.1. The predicted octanol–water partition coefficient (Wildman–Crippen LogP) is 16.0. The van der Waals surface area contributed by atoms with Crippen molar-refractivity contribution < 1.29 is 47.9 Å². The number of aliphatic hydroxyl groups excluding tert-OH is 1. The van der Waals surface area contributed by atoms with Crippen LogP contribution >= 0.6 is 62.3 Å². The number of hydrogen-bond donors (Lipinski definition) is 6. The number of fused-ring (bicyclic) bond motifs is 11. The molecule has 9 aromatic rings. The summed E-state index contributed by atoms with van der Waals surface area (Å²) in [6.07, 6.45) is 18.8. The van der Waals surface area contributed by atoms with Gasteiger partial charge in [0.1, 0.15) is 52.5 Å². The van der Waals surface area contributed by atoms with Gasteiger partial charge in [0.05, 0.1) is 64.9 Å². The summed E-state index contributed by atoms with van der Waals surface area (Å²) >= 11 is 8.60. The molecular weight excluding hydrogens is 1880 g/mol. The third-order valence-corrected chi connectivity index (χ3v) is 37.8. The molecule has 750 valence electrons. The molecule has 0 spiro atoms. The minimum absolute atomic E-state index is 0. The number of hydrogen-bond acceptors (Lipinski definition) is 21. The van der Waals surface area contributed by atoms with Gasteiger partial charge in [0.15, 0.2) is 0 Å². The van der Waals surface area contributed by atoms with Gasteiger partial charge in [-0.2, -0.15) is 0 Å². The Hall–Kier alpha value is -6.04. The molecule has 6 N–H and O–H groups in total. The topological polar surface area (TPSA) is 234 Å². The van der Waals surface area contributed by atoms with Gasteiger partial charge in [0.25, 0.3) is 0 Å². The van der Waals surface area contributed by atoms with Crippen LogP contribution in [0.2, 0.25) is 0 Å². The van der Waals surface area contributed by atoms with E-state index in [0.717, 1.165) is 174 Å². The molecule has 24 nitrogen and oxygen atoms in total. The van der Waals surface area contributed by atoms with E-state index in [-0.39, 0.29) is 30.7 Å². The second-order valence-corrected chi connectivity index (χ2v) is 48.1. The van der Waals surface area contributed by atoms with E-state index in [1.54, 1.807) is 34.0 Å². The number of piperazine rings is 3. The van der Waals surface area contributed by atoms with Crippen LogP contribution in [0.25, 0.3) is 64.4 Å². The summed E-state index contributed by atoms with van der Waals surface area (Å²) in [5.74, 6) is 0.960. The first-order valence-electron chi connectivity index (χ1n) is 52.0. The number of aromatic amines is 3. The van der Waals surface area contributed by atoms with E-state index in [0.29, 0.717) is 105 Å². The van der Waals surface area contributed by atoms with Gasteiger partial charge in [0, 0.05) is 216 Å². The summed E-state index contributed by atoms with van der Waals surface area (Å²) < 4.78 is 31.9. The van der Waals surface area contributed by atoms with Crippen LogP contribution in [-0.4, -0.2) is 337 Å². The number of alkyl halides is 1. The lowest BCUT2D eigenvalue weighted by Gasteiger charge is -2.36. The Bertz CT molecular complexity index is 5600. The molecule has 0 saturated carbocycles. The van der Waals surface area contributed by atoms with E-state index in [4.69, 9.17) is 28.4 Å². The Morgan fingerprint density at radius 3 is 1.00 bits per heavy atom. The number of β-amino-alcohol motifs (C(OH)–C–C–N with tert-alkyl or cyclic N) is 1. The monoisotopic (exact) mass is 2030 g/mol. The van der Waals surface area contributed by atoms with Gasteiger partial charge in [-0.3, -0.25) is 29.1 Å². The van der Waals surface area contributed by atoms with Crippen LogP contribution in [0, 0.1) is 41.5 Å². The number of amides is 3. The summed E-state index contributed by atoms with van der Waals surface area (Å²) in [5.41, 5.74) is 17.9. The highest BCUT2D eigenvalue weighted by Gasteiger charge is 2.52. The number of aliphatic hydroxyl groups is 1. The smallest absolute Gasteiger partial charge is 0.233 e. The van der Waals surface area contributed by atoms with Crippen LogP contribution < -0.4 is 10.6 Å². The van der Waals surface area contributed by atoms with Gasteiger partial charge in [-0.15, -0.1) is 46.4 Å². The second-order valence-electron chi connectivity index (χ2n) is 44.3. The molecule has 3 unspecified atom stereocenters. The number of H-pyrrole nitrogens is 3. The molecule has 6 aromatic heterocycles. The molecular formula is C109H152BrClN14O10S3. The number of rotatable bonds is 25. The molecule has 21 heterocycles. The van der Waals surface area contributed by atoms with Crippen molar-refractivity contribution in [1.82, 2.24) is 69.7 Å². The Kier molecular flexibility index (Phi) is 31.3. The van der Waals surface area contributed by atoms with Crippen LogP contribution in [-0.2, 0) is 78.3 Å². The fourth-order valence-corrected chi connectivity index (χ4v) is 28.9. The summed E-state index contributed by atoms with van der Waals surface area (Å²) in [7, 11) is 0. The van der Waals surface area contributed by atoms with E-state index in [9.17, 15) is 19.5 Å². The number of carbonyl (C=O) groups is 3. The number of benzene rings is 3. The maximum atomic E-state index is 14.0. The first kappa shape index (κ1) is 101. The molecule has 15 saturated heterocycles.